The zero-order chi connectivity index (χ0) is 25.9. The molecule has 6 N–H and O–H groups in total. The number of aliphatic hydroxyl groups is 2. The van der Waals surface area contributed by atoms with Crippen LogP contribution in [0.1, 0.15) is 78.1 Å². The first-order valence-corrected chi connectivity index (χ1v) is 12.9. The second-order valence-corrected chi connectivity index (χ2v) is 8.45. The summed E-state index contributed by atoms with van der Waals surface area (Å²) < 4.78 is 0. The SMILES string of the molecule is CCCCCC(O)CNCCNCCC(=O)[O-].CCCCCC(O)CNCCNCCC(=O)[O-].[Ca+2]. The molecule has 35 heavy (non-hydrogen) atoms. The molecule has 10 nitrogen and oxygen atoms in total. The van der Waals surface area contributed by atoms with Crippen LogP contribution in [0.15, 0.2) is 0 Å². The van der Waals surface area contributed by atoms with E-state index in [0.717, 1.165) is 38.8 Å². The minimum absolute atomic E-state index is 0. The Kier molecular flexibility index (Phi) is 36.1. The van der Waals surface area contributed by atoms with Crippen LogP contribution < -0.4 is 31.5 Å². The molecule has 11 heteroatoms. The van der Waals surface area contributed by atoms with Crippen LogP contribution in [0.2, 0.25) is 0 Å². The van der Waals surface area contributed by atoms with Gasteiger partial charge in [-0.15, -0.1) is 0 Å². The summed E-state index contributed by atoms with van der Waals surface area (Å²) in [6, 6.07) is 0. The molecule has 2 atom stereocenters. The maximum Gasteiger partial charge on any atom is 2.00 e. The molecule has 0 rings (SSSR count). The topological polar surface area (TPSA) is 169 Å². The van der Waals surface area contributed by atoms with E-state index >= 15 is 0 Å². The summed E-state index contributed by atoms with van der Waals surface area (Å²) in [4.78, 5) is 20.2. The van der Waals surface area contributed by atoms with Crippen LogP contribution in [0.5, 0.6) is 0 Å². The summed E-state index contributed by atoms with van der Waals surface area (Å²) in [5.74, 6) is -2.06. The third-order valence-electron chi connectivity index (χ3n) is 5.01. The number of hydrogen-bond donors (Lipinski definition) is 6. The fourth-order valence-electron chi connectivity index (χ4n) is 2.99. The van der Waals surface area contributed by atoms with Gasteiger partial charge < -0.3 is 51.3 Å². The number of carbonyl (C=O) groups excluding carboxylic acids is 2. The van der Waals surface area contributed by atoms with Gasteiger partial charge in [0.05, 0.1) is 12.2 Å². The fraction of sp³-hybridized carbons (Fsp3) is 0.917. The van der Waals surface area contributed by atoms with Crippen LogP contribution in [0, 0.1) is 0 Å². The first kappa shape index (κ1) is 39.5. The largest absolute Gasteiger partial charge is 2.00 e. The molecule has 0 aromatic rings. The monoisotopic (exact) mass is 530 g/mol. The molecule has 0 aliphatic rings. The molecule has 0 aliphatic carbocycles. The van der Waals surface area contributed by atoms with E-state index in [9.17, 15) is 30.0 Å². The maximum atomic E-state index is 10.1. The van der Waals surface area contributed by atoms with Crippen LogP contribution >= 0.6 is 0 Å². The molecule has 0 aromatic carbocycles. The molecule has 0 aromatic heterocycles. The van der Waals surface area contributed by atoms with Crippen molar-refractivity contribution in [1.82, 2.24) is 21.3 Å². The molecule has 0 fully saturated rings. The van der Waals surface area contributed by atoms with E-state index in [2.05, 4.69) is 35.1 Å². The van der Waals surface area contributed by atoms with Gasteiger partial charge in [0.1, 0.15) is 0 Å². The van der Waals surface area contributed by atoms with E-state index in [4.69, 9.17) is 0 Å². The summed E-state index contributed by atoms with van der Waals surface area (Å²) in [7, 11) is 0. The minimum Gasteiger partial charge on any atom is -0.550 e. The van der Waals surface area contributed by atoms with Crippen molar-refractivity contribution in [2.75, 3.05) is 52.4 Å². The standard InChI is InChI=1S/2C12H26N2O3.Ca/c2*1-2-3-4-5-11(15)10-14-9-8-13-7-6-12(16)17;/h2*11,13-15H,2-10H2,1H3,(H,16,17);/q;;+2/p-2. The van der Waals surface area contributed by atoms with E-state index in [-0.39, 0.29) is 62.8 Å². The molecule has 0 spiro atoms. The second kappa shape index (κ2) is 32.0. The van der Waals surface area contributed by atoms with Crippen LogP contribution in [0.4, 0.5) is 0 Å². The Morgan fingerprint density at radius 1 is 0.629 bits per heavy atom. The van der Waals surface area contributed by atoms with Crippen LogP contribution in [-0.2, 0) is 9.59 Å². The normalized spacial score (nSPS) is 12.2. The smallest absolute Gasteiger partial charge is 0.550 e. The van der Waals surface area contributed by atoms with Crippen molar-refractivity contribution >= 4 is 49.7 Å². The van der Waals surface area contributed by atoms with Crippen molar-refractivity contribution in [3.05, 3.63) is 0 Å². The van der Waals surface area contributed by atoms with Gasteiger partial charge in [-0.05, 0) is 25.7 Å². The molecule has 0 radical (unpaired) electrons. The molecule has 0 saturated carbocycles. The van der Waals surface area contributed by atoms with Gasteiger partial charge in [0, 0.05) is 64.3 Å². The first-order chi connectivity index (χ1) is 16.3. The van der Waals surface area contributed by atoms with Crippen molar-refractivity contribution in [1.29, 1.82) is 0 Å². The summed E-state index contributed by atoms with van der Waals surface area (Å²) >= 11 is 0. The van der Waals surface area contributed by atoms with Gasteiger partial charge in [-0.2, -0.15) is 0 Å². The number of aliphatic hydroxyl groups excluding tert-OH is 2. The Morgan fingerprint density at radius 3 is 1.29 bits per heavy atom. The van der Waals surface area contributed by atoms with E-state index in [1.54, 1.807) is 0 Å². The molecular formula is C24H50CaN4O6. The van der Waals surface area contributed by atoms with E-state index < -0.39 is 11.9 Å². The van der Waals surface area contributed by atoms with Crippen molar-refractivity contribution in [3.8, 4) is 0 Å². The zero-order valence-corrected chi connectivity index (χ0v) is 24.3. The van der Waals surface area contributed by atoms with E-state index in [1.165, 1.54) is 25.7 Å². The van der Waals surface area contributed by atoms with Crippen LogP contribution in [-0.4, -0.2) is 124 Å². The molecular weight excluding hydrogens is 480 g/mol. The molecule has 0 saturated heterocycles. The predicted molar refractivity (Wildman–Crippen MR) is 137 cm³/mol. The molecule has 204 valence electrons. The summed E-state index contributed by atoms with van der Waals surface area (Å²) in [6.07, 6.45) is 8.05. The number of carboxylic acids is 2. The quantitative estimate of drug-likeness (QED) is 0.0613. The Balaban J connectivity index is -0.000000569. The fourth-order valence-corrected chi connectivity index (χ4v) is 2.99. The average molecular weight is 531 g/mol. The van der Waals surface area contributed by atoms with Gasteiger partial charge in [-0.25, -0.2) is 0 Å². The summed E-state index contributed by atoms with van der Waals surface area (Å²) in [6.45, 7) is 9.23. The van der Waals surface area contributed by atoms with E-state index in [0.29, 0.717) is 39.3 Å². The Labute approximate surface area is 242 Å². The van der Waals surface area contributed by atoms with Crippen molar-refractivity contribution in [3.63, 3.8) is 0 Å². The number of unbranched alkanes of at least 4 members (excludes halogenated alkanes) is 4. The van der Waals surface area contributed by atoms with Crippen molar-refractivity contribution < 1.29 is 30.0 Å². The summed E-state index contributed by atoms with van der Waals surface area (Å²) in [5.41, 5.74) is 0. The number of carbonyl (C=O) groups is 2. The Bertz CT molecular complexity index is 424. The van der Waals surface area contributed by atoms with Crippen LogP contribution in [0.3, 0.4) is 0 Å². The molecule has 2 unspecified atom stereocenters. The Hall–Kier alpha value is -0.0403. The number of nitrogens with one attached hydrogen (secondary N) is 4. The molecule has 0 aliphatic heterocycles. The Morgan fingerprint density at radius 2 is 0.971 bits per heavy atom. The predicted octanol–water partition coefficient (Wildman–Crippen LogP) is -1.89. The minimum atomic E-state index is -1.03. The van der Waals surface area contributed by atoms with Gasteiger partial charge >= 0.3 is 37.7 Å². The van der Waals surface area contributed by atoms with Gasteiger partial charge in [0.25, 0.3) is 0 Å². The van der Waals surface area contributed by atoms with Gasteiger partial charge in [-0.1, -0.05) is 52.4 Å². The van der Waals surface area contributed by atoms with Crippen LogP contribution in [0.25, 0.3) is 0 Å². The summed E-state index contributed by atoms with van der Waals surface area (Å²) in [5, 5.41) is 51.6. The first-order valence-electron chi connectivity index (χ1n) is 12.9. The number of carboxylic acid groups (broad SMARTS) is 2. The second-order valence-electron chi connectivity index (χ2n) is 8.45. The number of aliphatic carboxylic acids is 2. The van der Waals surface area contributed by atoms with Gasteiger partial charge in [-0.3, -0.25) is 0 Å². The average Bonchev–Trinajstić information content (AvgIpc) is 2.78. The third kappa shape index (κ3) is 38.6. The van der Waals surface area contributed by atoms with E-state index in [1.807, 2.05) is 0 Å². The van der Waals surface area contributed by atoms with Gasteiger partial charge in [0.2, 0.25) is 0 Å². The zero-order valence-electron chi connectivity index (χ0n) is 22.1. The number of rotatable bonds is 24. The molecule has 0 amide bonds. The third-order valence-corrected chi connectivity index (χ3v) is 5.01. The van der Waals surface area contributed by atoms with Gasteiger partial charge in [0.15, 0.2) is 0 Å². The maximum absolute atomic E-state index is 10.1. The van der Waals surface area contributed by atoms with Crippen molar-refractivity contribution in [2.45, 2.75) is 90.3 Å². The number of hydrogen-bond acceptors (Lipinski definition) is 10. The van der Waals surface area contributed by atoms with Crippen molar-refractivity contribution in [2.24, 2.45) is 0 Å². The molecule has 0 bridgehead atoms. The molecule has 0 heterocycles.